The van der Waals surface area contributed by atoms with Crippen molar-refractivity contribution in [1.82, 2.24) is 4.90 Å². The normalized spacial score (nSPS) is 11.7. The summed E-state index contributed by atoms with van der Waals surface area (Å²) in [5.74, 6) is -1.47. The molecule has 1 amide bonds. The van der Waals surface area contributed by atoms with Crippen molar-refractivity contribution in [2.75, 3.05) is 7.05 Å². The van der Waals surface area contributed by atoms with E-state index in [0.29, 0.717) is 6.54 Å². The van der Waals surface area contributed by atoms with E-state index >= 15 is 0 Å². The van der Waals surface area contributed by atoms with Crippen LogP contribution in [0.2, 0.25) is 0 Å². The average Bonchev–Trinajstić information content (AvgIpc) is 2.54. The Morgan fingerprint density at radius 2 is 1.88 bits per heavy atom. The van der Waals surface area contributed by atoms with E-state index in [1.807, 2.05) is 30.3 Å². The van der Waals surface area contributed by atoms with Gasteiger partial charge in [0.15, 0.2) is 6.10 Å². The monoisotopic (exact) mass is 393 g/mol. The van der Waals surface area contributed by atoms with E-state index in [9.17, 15) is 14.0 Å². The standard InChI is InChI=1S/C18H17BrFNO3/c1-12(17(22)21(2)11-13-6-4-3-5-7-13)24-18(23)15-9-8-14(20)10-16(15)19/h3-10,12H,11H2,1-2H3/t12-/m0/s1. The maximum Gasteiger partial charge on any atom is 0.340 e. The highest BCUT2D eigenvalue weighted by atomic mass is 79.9. The first-order valence-electron chi connectivity index (χ1n) is 7.33. The highest BCUT2D eigenvalue weighted by Crippen LogP contribution is 2.19. The van der Waals surface area contributed by atoms with Gasteiger partial charge in [-0.1, -0.05) is 30.3 Å². The second kappa shape index (κ2) is 8.06. The number of hydrogen-bond donors (Lipinski definition) is 0. The van der Waals surface area contributed by atoms with Crippen LogP contribution in [0, 0.1) is 5.82 Å². The second-order valence-electron chi connectivity index (χ2n) is 5.35. The van der Waals surface area contributed by atoms with E-state index in [4.69, 9.17) is 4.74 Å². The number of carbonyl (C=O) groups is 2. The fourth-order valence-electron chi connectivity index (χ4n) is 2.18. The van der Waals surface area contributed by atoms with E-state index in [0.717, 1.165) is 11.6 Å². The topological polar surface area (TPSA) is 46.6 Å². The van der Waals surface area contributed by atoms with E-state index in [1.165, 1.54) is 24.0 Å². The number of benzene rings is 2. The van der Waals surface area contributed by atoms with Gasteiger partial charge in [0.2, 0.25) is 0 Å². The van der Waals surface area contributed by atoms with Gasteiger partial charge in [0.25, 0.3) is 5.91 Å². The highest BCUT2D eigenvalue weighted by Gasteiger charge is 2.23. The van der Waals surface area contributed by atoms with Crippen LogP contribution < -0.4 is 0 Å². The first-order chi connectivity index (χ1) is 11.4. The number of rotatable bonds is 5. The van der Waals surface area contributed by atoms with Crippen LogP contribution in [0.5, 0.6) is 0 Å². The van der Waals surface area contributed by atoms with Crippen LogP contribution in [0.4, 0.5) is 4.39 Å². The third kappa shape index (κ3) is 4.64. The summed E-state index contributed by atoms with van der Waals surface area (Å²) in [4.78, 5) is 26.0. The Hall–Kier alpha value is -2.21. The Balaban J connectivity index is 1.99. The van der Waals surface area contributed by atoms with E-state index in [2.05, 4.69) is 15.9 Å². The van der Waals surface area contributed by atoms with Gasteiger partial charge in [-0.3, -0.25) is 4.79 Å². The van der Waals surface area contributed by atoms with Crippen LogP contribution >= 0.6 is 15.9 Å². The molecule has 0 aliphatic heterocycles. The number of carbonyl (C=O) groups excluding carboxylic acids is 2. The molecule has 1 atom stereocenters. The molecule has 0 saturated heterocycles. The molecule has 0 heterocycles. The molecule has 0 aliphatic carbocycles. The van der Waals surface area contributed by atoms with Crippen molar-refractivity contribution < 1.29 is 18.7 Å². The smallest absolute Gasteiger partial charge is 0.340 e. The third-order valence-electron chi connectivity index (χ3n) is 3.42. The van der Waals surface area contributed by atoms with Gasteiger partial charge in [0.05, 0.1) is 5.56 Å². The molecule has 6 heteroatoms. The molecule has 0 N–H and O–H groups in total. The van der Waals surface area contributed by atoms with Crippen molar-refractivity contribution in [2.45, 2.75) is 19.6 Å². The lowest BCUT2D eigenvalue weighted by Gasteiger charge is -2.21. The lowest BCUT2D eigenvalue weighted by molar-refractivity contribution is -0.139. The van der Waals surface area contributed by atoms with Crippen molar-refractivity contribution in [3.05, 3.63) is 69.9 Å². The van der Waals surface area contributed by atoms with Gasteiger partial charge < -0.3 is 9.64 Å². The van der Waals surface area contributed by atoms with Gasteiger partial charge in [0, 0.05) is 18.1 Å². The summed E-state index contributed by atoms with van der Waals surface area (Å²) >= 11 is 3.11. The Morgan fingerprint density at radius 1 is 1.21 bits per heavy atom. The Labute approximate surface area is 148 Å². The fraction of sp³-hybridized carbons (Fsp3) is 0.222. The van der Waals surface area contributed by atoms with Crippen LogP contribution in [0.15, 0.2) is 53.0 Å². The van der Waals surface area contributed by atoms with Crippen molar-refractivity contribution in [3.8, 4) is 0 Å². The SMILES string of the molecule is C[C@H](OC(=O)c1ccc(F)cc1Br)C(=O)N(C)Cc1ccccc1. The number of nitrogens with zero attached hydrogens (tertiary/aromatic N) is 1. The second-order valence-corrected chi connectivity index (χ2v) is 6.21. The molecule has 24 heavy (non-hydrogen) atoms. The largest absolute Gasteiger partial charge is 0.449 e. The van der Waals surface area contributed by atoms with Gasteiger partial charge in [-0.25, -0.2) is 9.18 Å². The van der Waals surface area contributed by atoms with Crippen LogP contribution in [-0.4, -0.2) is 29.9 Å². The van der Waals surface area contributed by atoms with Crippen molar-refractivity contribution in [3.63, 3.8) is 0 Å². The minimum Gasteiger partial charge on any atom is -0.449 e. The van der Waals surface area contributed by atoms with Gasteiger partial charge in [-0.05, 0) is 46.6 Å². The molecular formula is C18H17BrFNO3. The molecule has 0 unspecified atom stereocenters. The Bertz CT molecular complexity index is 736. The van der Waals surface area contributed by atoms with Gasteiger partial charge in [-0.15, -0.1) is 0 Å². The average molecular weight is 394 g/mol. The predicted octanol–water partition coefficient (Wildman–Crippen LogP) is 3.79. The lowest BCUT2D eigenvalue weighted by atomic mass is 10.2. The number of likely N-dealkylation sites (N-methyl/N-ethyl adjacent to an activating group) is 1. The highest BCUT2D eigenvalue weighted by molar-refractivity contribution is 9.10. The maximum atomic E-state index is 13.1. The summed E-state index contributed by atoms with van der Waals surface area (Å²) in [6, 6.07) is 13.2. The molecule has 2 aromatic rings. The van der Waals surface area contributed by atoms with E-state index < -0.39 is 17.9 Å². The van der Waals surface area contributed by atoms with Crippen molar-refractivity contribution in [1.29, 1.82) is 0 Å². The Morgan fingerprint density at radius 3 is 2.50 bits per heavy atom. The number of halogens is 2. The quantitative estimate of drug-likeness (QED) is 0.725. The molecule has 2 rings (SSSR count). The molecular weight excluding hydrogens is 377 g/mol. The third-order valence-corrected chi connectivity index (χ3v) is 4.08. The van der Waals surface area contributed by atoms with Crippen molar-refractivity contribution >= 4 is 27.8 Å². The molecule has 0 spiro atoms. The summed E-state index contributed by atoms with van der Waals surface area (Å²) in [5.41, 5.74) is 1.15. The zero-order valence-electron chi connectivity index (χ0n) is 13.3. The molecule has 0 aliphatic rings. The maximum absolute atomic E-state index is 13.1. The molecule has 0 aromatic heterocycles. The van der Waals surface area contributed by atoms with E-state index in [-0.39, 0.29) is 15.9 Å². The lowest BCUT2D eigenvalue weighted by Crippen LogP contribution is -2.37. The zero-order valence-corrected chi connectivity index (χ0v) is 14.9. The summed E-state index contributed by atoms with van der Waals surface area (Å²) in [6.07, 6.45) is -0.942. The predicted molar refractivity (Wildman–Crippen MR) is 91.9 cm³/mol. The number of esters is 1. The molecule has 0 radical (unpaired) electrons. The minimum absolute atomic E-state index is 0.168. The molecule has 2 aromatic carbocycles. The summed E-state index contributed by atoms with van der Waals surface area (Å²) < 4.78 is 18.5. The van der Waals surface area contributed by atoms with Crippen LogP contribution in [0.1, 0.15) is 22.8 Å². The molecule has 4 nitrogen and oxygen atoms in total. The Kier molecular flexibility index (Phi) is 6.09. The summed E-state index contributed by atoms with van der Waals surface area (Å²) in [5, 5.41) is 0. The van der Waals surface area contributed by atoms with Crippen LogP contribution in [0.25, 0.3) is 0 Å². The first-order valence-corrected chi connectivity index (χ1v) is 8.12. The van der Waals surface area contributed by atoms with Gasteiger partial charge in [-0.2, -0.15) is 0 Å². The fourth-order valence-corrected chi connectivity index (χ4v) is 2.69. The number of hydrogen-bond acceptors (Lipinski definition) is 3. The number of ether oxygens (including phenoxy) is 1. The van der Waals surface area contributed by atoms with Gasteiger partial charge >= 0.3 is 5.97 Å². The molecule has 0 bridgehead atoms. The summed E-state index contributed by atoms with van der Waals surface area (Å²) in [6.45, 7) is 1.93. The number of amides is 1. The van der Waals surface area contributed by atoms with Gasteiger partial charge in [0.1, 0.15) is 5.82 Å². The van der Waals surface area contributed by atoms with Crippen LogP contribution in [0.3, 0.4) is 0 Å². The minimum atomic E-state index is -0.942. The van der Waals surface area contributed by atoms with E-state index in [1.54, 1.807) is 7.05 Å². The van der Waals surface area contributed by atoms with Crippen molar-refractivity contribution in [2.24, 2.45) is 0 Å². The molecule has 0 fully saturated rings. The first kappa shape index (κ1) is 18.1. The van der Waals surface area contributed by atoms with Crippen LogP contribution in [-0.2, 0) is 16.1 Å². The zero-order chi connectivity index (χ0) is 17.7. The molecule has 126 valence electrons. The molecule has 0 saturated carbocycles. The summed E-state index contributed by atoms with van der Waals surface area (Å²) in [7, 11) is 1.65.